The first-order valence-corrected chi connectivity index (χ1v) is 3.43. The molecule has 7 heteroatoms. The second kappa shape index (κ2) is 4.08. The number of carboxylic acids is 1. The van der Waals surface area contributed by atoms with Crippen molar-refractivity contribution in [3.05, 3.63) is 11.8 Å². The first kappa shape index (κ1) is 9.78. The zero-order valence-corrected chi connectivity index (χ0v) is 6.80. The Bertz CT molecular complexity index is 381. The van der Waals surface area contributed by atoms with Crippen molar-refractivity contribution in [3.63, 3.8) is 0 Å². The van der Waals surface area contributed by atoms with Crippen molar-refractivity contribution in [1.82, 2.24) is 10.2 Å². The largest absolute Gasteiger partial charge is 0.502 e. The molecule has 0 spiro atoms. The Morgan fingerprint density at radius 2 is 2.29 bits per heavy atom. The fourth-order valence-corrected chi connectivity index (χ4v) is 0.731. The number of carboxylic acid groups (broad SMARTS) is 1. The first-order valence-electron chi connectivity index (χ1n) is 3.43. The molecule has 74 valence electrons. The highest BCUT2D eigenvalue weighted by Gasteiger charge is 2.10. The highest BCUT2D eigenvalue weighted by Crippen LogP contribution is 2.26. The number of hydrogen-bond donors (Lipinski definition) is 3. The predicted molar refractivity (Wildman–Crippen MR) is 43.6 cm³/mol. The van der Waals surface area contributed by atoms with Crippen LogP contribution in [-0.4, -0.2) is 32.9 Å². The molecule has 0 fully saturated rings. The molecule has 0 aliphatic heterocycles. The first-order chi connectivity index (χ1) is 6.65. The zero-order chi connectivity index (χ0) is 10.6. The van der Waals surface area contributed by atoms with Crippen molar-refractivity contribution < 1.29 is 24.5 Å². The molecule has 0 amide bonds. The second-order valence-corrected chi connectivity index (χ2v) is 2.18. The molecule has 3 N–H and O–H groups in total. The highest BCUT2D eigenvalue weighted by molar-refractivity contribution is 5.85. The quantitative estimate of drug-likeness (QED) is 0.454. The molecule has 1 heterocycles. The number of hydrogen-bond acceptors (Lipinski definition) is 5. The summed E-state index contributed by atoms with van der Waals surface area (Å²) in [4.78, 5) is 20.0. The lowest BCUT2D eigenvalue weighted by molar-refractivity contribution is -0.131. The van der Waals surface area contributed by atoms with E-state index in [0.29, 0.717) is 0 Å². The number of rotatable bonds is 4. The third-order valence-corrected chi connectivity index (χ3v) is 1.29. The zero-order valence-electron chi connectivity index (χ0n) is 6.80. The average Bonchev–Trinajstić information content (AvgIpc) is 2.46. The highest BCUT2D eigenvalue weighted by atomic mass is 16.5. The van der Waals surface area contributed by atoms with Gasteiger partial charge in [-0.1, -0.05) is 0 Å². The molecule has 0 radical (unpaired) electrons. The standard InChI is InChI=1S/C7H6N2O5/c10-3-14-7-6(13)4(8-9-7)1-2-5(11)12/h1-3,13H,(H,8,9)(H,11,12)/b2-1+. The normalized spacial score (nSPS) is 10.3. The van der Waals surface area contributed by atoms with Crippen LogP contribution in [0.3, 0.4) is 0 Å². The van der Waals surface area contributed by atoms with Gasteiger partial charge in [0.05, 0.1) is 0 Å². The van der Waals surface area contributed by atoms with Gasteiger partial charge in [-0.25, -0.2) is 4.79 Å². The number of aliphatic carboxylic acids is 1. The molecule has 0 bridgehead atoms. The lowest BCUT2D eigenvalue weighted by atomic mass is 10.3. The van der Waals surface area contributed by atoms with E-state index in [0.717, 1.165) is 12.2 Å². The van der Waals surface area contributed by atoms with Gasteiger partial charge in [-0.3, -0.25) is 9.89 Å². The molecule has 0 atom stereocenters. The molecule has 1 aromatic rings. The number of aromatic amines is 1. The van der Waals surface area contributed by atoms with Crippen molar-refractivity contribution in [3.8, 4) is 11.6 Å². The molecular weight excluding hydrogens is 192 g/mol. The number of carbonyl (C=O) groups excluding carboxylic acids is 1. The van der Waals surface area contributed by atoms with Crippen LogP contribution in [0.4, 0.5) is 0 Å². The summed E-state index contributed by atoms with van der Waals surface area (Å²) in [5.41, 5.74) is 0.0456. The fourth-order valence-electron chi connectivity index (χ4n) is 0.731. The Morgan fingerprint density at radius 1 is 1.57 bits per heavy atom. The molecule has 0 aliphatic carbocycles. The van der Waals surface area contributed by atoms with Crippen molar-refractivity contribution in [2.24, 2.45) is 0 Å². The molecule has 1 aromatic heterocycles. The minimum atomic E-state index is -1.17. The van der Waals surface area contributed by atoms with E-state index in [1.807, 2.05) is 0 Å². The van der Waals surface area contributed by atoms with Gasteiger partial charge in [-0.15, -0.1) is 5.10 Å². The van der Waals surface area contributed by atoms with Gasteiger partial charge in [0, 0.05) is 6.08 Å². The molecule has 0 saturated heterocycles. The third-order valence-electron chi connectivity index (χ3n) is 1.29. The Balaban J connectivity index is 2.89. The van der Waals surface area contributed by atoms with E-state index in [1.165, 1.54) is 0 Å². The van der Waals surface area contributed by atoms with Crippen LogP contribution in [0.15, 0.2) is 6.08 Å². The Labute approximate surface area is 77.6 Å². The number of nitrogens with one attached hydrogen (secondary N) is 1. The number of carbonyl (C=O) groups is 2. The van der Waals surface area contributed by atoms with E-state index in [2.05, 4.69) is 14.9 Å². The van der Waals surface area contributed by atoms with Crippen molar-refractivity contribution in [2.75, 3.05) is 0 Å². The predicted octanol–water partition coefficient (Wildman–Crippen LogP) is -0.252. The van der Waals surface area contributed by atoms with Crippen LogP contribution in [-0.2, 0) is 9.59 Å². The Hall–Kier alpha value is -2.31. The van der Waals surface area contributed by atoms with E-state index in [9.17, 15) is 14.7 Å². The third kappa shape index (κ3) is 2.09. The summed E-state index contributed by atoms with van der Waals surface area (Å²) in [6.07, 6.45) is 1.89. The summed E-state index contributed by atoms with van der Waals surface area (Å²) in [6, 6.07) is 0. The van der Waals surface area contributed by atoms with Crippen LogP contribution in [0, 0.1) is 0 Å². The maximum absolute atomic E-state index is 10.1. The molecule has 0 aromatic carbocycles. The fraction of sp³-hybridized carbons (Fsp3) is 0. The summed E-state index contributed by atoms with van der Waals surface area (Å²) in [6.45, 7) is 0.0978. The minimum Gasteiger partial charge on any atom is -0.502 e. The number of aromatic hydroxyl groups is 1. The molecule has 0 unspecified atom stereocenters. The summed E-state index contributed by atoms with van der Waals surface area (Å²) >= 11 is 0. The van der Waals surface area contributed by atoms with Crippen LogP contribution in [0.2, 0.25) is 0 Å². The van der Waals surface area contributed by atoms with E-state index in [4.69, 9.17) is 5.11 Å². The Morgan fingerprint density at radius 3 is 2.86 bits per heavy atom. The van der Waals surface area contributed by atoms with Crippen LogP contribution in [0.5, 0.6) is 11.6 Å². The van der Waals surface area contributed by atoms with E-state index in [1.54, 1.807) is 0 Å². The van der Waals surface area contributed by atoms with Crippen LogP contribution in [0.1, 0.15) is 5.69 Å². The number of ether oxygens (including phenoxy) is 1. The van der Waals surface area contributed by atoms with Crippen LogP contribution < -0.4 is 4.74 Å². The molecule has 7 nitrogen and oxygen atoms in total. The van der Waals surface area contributed by atoms with Gasteiger partial charge in [-0.2, -0.15) is 0 Å². The van der Waals surface area contributed by atoms with Gasteiger partial charge >= 0.3 is 5.97 Å². The lowest BCUT2D eigenvalue weighted by Crippen LogP contribution is -1.88. The monoisotopic (exact) mass is 198 g/mol. The number of nitrogens with zero attached hydrogens (tertiary/aromatic N) is 1. The number of H-pyrrole nitrogens is 1. The smallest absolute Gasteiger partial charge is 0.328 e. The molecule has 1 rings (SSSR count). The SMILES string of the molecule is O=COc1n[nH]c(/C=C/C(=O)O)c1O. The average molecular weight is 198 g/mol. The van der Waals surface area contributed by atoms with Gasteiger partial charge in [0.25, 0.3) is 12.4 Å². The van der Waals surface area contributed by atoms with E-state index in [-0.39, 0.29) is 18.0 Å². The van der Waals surface area contributed by atoms with Gasteiger partial charge < -0.3 is 14.9 Å². The number of aromatic nitrogens is 2. The van der Waals surface area contributed by atoms with E-state index < -0.39 is 11.7 Å². The van der Waals surface area contributed by atoms with Gasteiger partial charge in [0.1, 0.15) is 5.69 Å². The van der Waals surface area contributed by atoms with Gasteiger partial charge in [0.15, 0.2) is 0 Å². The molecule has 0 aliphatic rings. The maximum Gasteiger partial charge on any atom is 0.328 e. The summed E-state index contributed by atoms with van der Waals surface area (Å²) in [5, 5.41) is 23.2. The molecule has 0 saturated carbocycles. The minimum absolute atomic E-state index is 0.0456. The van der Waals surface area contributed by atoms with Crippen molar-refractivity contribution in [2.45, 2.75) is 0 Å². The topological polar surface area (TPSA) is 113 Å². The van der Waals surface area contributed by atoms with Crippen molar-refractivity contribution in [1.29, 1.82) is 0 Å². The second-order valence-electron chi connectivity index (χ2n) is 2.18. The van der Waals surface area contributed by atoms with Crippen molar-refractivity contribution >= 4 is 18.5 Å². The van der Waals surface area contributed by atoms with Gasteiger partial charge in [-0.05, 0) is 6.08 Å². The summed E-state index contributed by atoms with van der Waals surface area (Å²) < 4.78 is 4.27. The summed E-state index contributed by atoms with van der Waals surface area (Å²) in [5.74, 6) is -1.89. The summed E-state index contributed by atoms with van der Waals surface area (Å²) in [7, 11) is 0. The molecular formula is C7H6N2O5. The van der Waals surface area contributed by atoms with E-state index >= 15 is 0 Å². The van der Waals surface area contributed by atoms with Crippen LogP contribution >= 0.6 is 0 Å². The van der Waals surface area contributed by atoms with Crippen LogP contribution in [0.25, 0.3) is 6.08 Å². The Kier molecular flexibility index (Phi) is 2.85. The lowest BCUT2D eigenvalue weighted by Gasteiger charge is -1.90. The maximum atomic E-state index is 10.1. The molecule has 14 heavy (non-hydrogen) atoms. The van der Waals surface area contributed by atoms with Gasteiger partial charge in [0.2, 0.25) is 5.75 Å².